The van der Waals surface area contributed by atoms with Gasteiger partial charge in [0.2, 0.25) is 0 Å². The minimum atomic E-state index is 0.335. The van der Waals surface area contributed by atoms with Crippen LogP contribution in [0.25, 0.3) is 0 Å². The summed E-state index contributed by atoms with van der Waals surface area (Å²) in [6, 6.07) is 0. The topological polar surface area (TPSA) is 0 Å². The minimum absolute atomic E-state index is 0.335. The third-order valence-electron chi connectivity index (χ3n) is 9.72. The van der Waals surface area contributed by atoms with Crippen LogP contribution < -0.4 is 0 Å². The van der Waals surface area contributed by atoms with Crippen molar-refractivity contribution in [2.24, 2.45) is 46.3 Å². The second-order valence-electron chi connectivity index (χ2n) is 12.4. The minimum Gasteiger partial charge on any atom is -0.0996 e. The Balaban J connectivity index is 0.00000233. The van der Waals surface area contributed by atoms with Gasteiger partial charge < -0.3 is 0 Å². The normalized spacial score (nSPS) is 32.4. The smallest absolute Gasteiger partial charge is 0.00907 e. The van der Waals surface area contributed by atoms with Crippen molar-refractivity contribution in [1.29, 1.82) is 0 Å². The molecular formula is C31H60. The molecule has 0 saturated heterocycles. The first-order valence-electron chi connectivity index (χ1n) is 14.2. The van der Waals surface area contributed by atoms with E-state index in [4.69, 9.17) is 0 Å². The Kier molecular flexibility index (Phi) is 11.9. The van der Waals surface area contributed by atoms with Crippen LogP contribution in [0.5, 0.6) is 0 Å². The predicted molar refractivity (Wildman–Crippen MR) is 142 cm³/mol. The second-order valence-corrected chi connectivity index (χ2v) is 12.4. The van der Waals surface area contributed by atoms with Crippen LogP contribution in [0.1, 0.15) is 140 Å². The number of unbranched alkanes of at least 4 members (excludes halogenated alkanes) is 1. The zero-order valence-corrected chi connectivity index (χ0v) is 23.4. The fourth-order valence-corrected chi connectivity index (χ4v) is 7.48. The quantitative estimate of drug-likeness (QED) is 0.225. The first-order chi connectivity index (χ1) is 14.6. The van der Waals surface area contributed by atoms with E-state index in [2.05, 4.69) is 62.0 Å². The molecule has 0 heteroatoms. The van der Waals surface area contributed by atoms with Crippen LogP contribution in [-0.2, 0) is 0 Å². The average Bonchev–Trinajstić information content (AvgIpc) is 3.06. The summed E-state index contributed by atoms with van der Waals surface area (Å²) in [5, 5.41) is 0. The number of allylic oxidation sites excluding steroid dienone is 1. The molecule has 2 saturated carbocycles. The number of hydrogen-bond donors (Lipinski definition) is 0. The van der Waals surface area contributed by atoms with Crippen LogP contribution in [0.3, 0.4) is 0 Å². The molecule has 2 fully saturated rings. The molecule has 0 aliphatic heterocycles. The lowest BCUT2D eigenvalue weighted by atomic mass is 9.50. The SMILES string of the molecule is C=C(C)C(C)(CCC(C)C)C1CCC2(C)C(CCCCC(C)C)CCC2C1CC.CC. The van der Waals surface area contributed by atoms with E-state index in [9.17, 15) is 0 Å². The van der Waals surface area contributed by atoms with Gasteiger partial charge in [-0.2, -0.15) is 0 Å². The van der Waals surface area contributed by atoms with Gasteiger partial charge in [-0.05, 0) is 91.8 Å². The molecule has 6 atom stereocenters. The van der Waals surface area contributed by atoms with Gasteiger partial charge in [0.25, 0.3) is 0 Å². The number of fused-ring (bicyclic) bond motifs is 1. The highest BCUT2D eigenvalue weighted by molar-refractivity contribution is 5.13. The third kappa shape index (κ3) is 6.86. The molecule has 184 valence electrons. The Morgan fingerprint density at radius 1 is 1.00 bits per heavy atom. The second kappa shape index (κ2) is 12.8. The van der Waals surface area contributed by atoms with E-state index in [0.29, 0.717) is 10.8 Å². The van der Waals surface area contributed by atoms with E-state index >= 15 is 0 Å². The van der Waals surface area contributed by atoms with E-state index in [1.165, 1.54) is 76.2 Å². The van der Waals surface area contributed by atoms with Crippen molar-refractivity contribution in [2.45, 2.75) is 140 Å². The molecule has 0 radical (unpaired) electrons. The molecule has 31 heavy (non-hydrogen) atoms. The molecule has 0 heterocycles. The van der Waals surface area contributed by atoms with Crippen molar-refractivity contribution in [3.63, 3.8) is 0 Å². The summed E-state index contributed by atoms with van der Waals surface area (Å²) in [7, 11) is 0. The van der Waals surface area contributed by atoms with Gasteiger partial charge in [0.15, 0.2) is 0 Å². The standard InChI is InChI=1S/C29H54.C2H6/c1-10-25-26-16-15-24(14-12-11-13-21(2)3)29(26,9)20-18-27(25)28(8,23(6)7)19-17-22(4)5;1-2/h21-22,24-27H,6,10-20H2,1-5,7-9H3;1-2H3. The molecule has 0 aromatic rings. The number of rotatable bonds is 11. The highest BCUT2D eigenvalue weighted by atomic mass is 14.6. The van der Waals surface area contributed by atoms with Gasteiger partial charge in [-0.25, -0.2) is 0 Å². The predicted octanol–water partition coefficient (Wildman–Crippen LogP) is 10.7. The summed E-state index contributed by atoms with van der Waals surface area (Å²) in [5.41, 5.74) is 2.40. The van der Waals surface area contributed by atoms with Crippen molar-refractivity contribution in [3.8, 4) is 0 Å². The van der Waals surface area contributed by atoms with Gasteiger partial charge in [0.05, 0.1) is 0 Å². The lowest BCUT2D eigenvalue weighted by Gasteiger charge is -2.54. The largest absolute Gasteiger partial charge is 0.0996 e. The van der Waals surface area contributed by atoms with Crippen LogP contribution in [0.15, 0.2) is 12.2 Å². The van der Waals surface area contributed by atoms with Gasteiger partial charge >= 0.3 is 0 Å². The van der Waals surface area contributed by atoms with Gasteiger partial charge in [-0.3, -0.25) is 0 Å². The lowest BCUT2D eigenvalue weighted by molar-refractivity contribution is -0.0350. The van der Waals surface area contributed by atoms with Crippen molar-refractivity contribution >= 4 is 0 Å². The van der Waals surface area contributed by atoms with Crippen LogP contribution in [-0.4, -0.2) is 0 Å². The molecule has 2 aliphatic rings. The van der Waals surface area contributed by atoms with Crippen molar-refractivity contribution in [3.05, 3.63) is 12.2 Å². The Hall–Kier alpha value is -0.260. The van der Waals surface area contributed by atoms with Crippen molar-refractivity contribution in [1.82, 2.24) is 0 Å². The Bertz CT molecular complexity index is 514. The average molecular weight is 433 g/mol. The molecule has 0 aromatic carbocycles. The molecule has 0 aromatic heterocycles. The summed E-state index contributed by atoms with van der Waals surface area (Å²) >= 11 is 0. The highest BCUT2D eigenvalue weighted by Crippen LogP contribution is 2.64. The van der Waals surface area contributed by atoms with Crippen LogP contribution in [0.4, 0.5) is 0 Å². The summed E-state index contributed by atoms with van der Waals surface area (Å²) in [5.74, 6) is 5.36. The first kappa shape index (κ1) is 28.8. The van der Waals surface area contributed by atoms with E-state index in [1.54, 1.807) is 0 Å². The molecule has 0 N–H and O–H groups in total. The highest BCUT2D eigenvalue weighted by Gasteiger charge is 2.55. The maximum atomic E-state index is 4.53. The molecule has 0 bridgehead atoms. The van der Waals surface area contributed by atoms with E-state index < -0.39 is 0 Å². The van der Waals surface area contributed by atoms with Crippen molar-refractivity contribution in [2.75, 3.05) is 0 Å². The molecule has 0 amide bonds. The van der Waals surface area contributed by atoms with Gasteiger partial charge in [-0.1, -0.05) is 107 Å². The van der Waals surface area contributed by atoms with Gasteiger partial charge in [-0.15, -0.1) is 0 Å². The van der Waals surface area contributed by atoms with E-state index in [-0.39, 0.29) is 0 Å². The Morgan fingerprint density at radius 3 is 2.13 bits per heavy atom. The lowest BCUT2D eigenvalue weighted by Crippen LogP contribution is -2.46. The number of hydrogen-bond acceptors (Lipinski definition) is 0. The monoisotopic (exact) mass is 432 g/mol. The molecule has 6 unspecified atom stereocenters. The maximum Gasteiger partial charge on any atom is -0.00907 e. The first-order valence-corrected chi connectivity index (χ1v) is 14.2. The fraction of sp³-hybridized carbons (Fsp3) is 0.935. The van der Waals surface area contributed by atoms with Gasteiger partial charge in [0.1, 0.15) is 0 Å². The summed E-state index contributed by atoms with van der Waals surface area (Å²) in [6.07, 6.45) is 15.8. The zero-order chi connectivity index (χ0) is 23.8. The van der Waals surface area contributed by atoms with Gasteiger partial charge in [0, 0.05) is 0 Å². The Morgan fingerprint density at radius 2 is 1.61 bits per heavy atom. The fourth-order valence-electron chi connectivity index (χ4n) is 7.48. The van der Waals surface area contributed by atoms with E-state index in [1.807, 2.05) is 13.8 Å². The van der Waals surface area contributed by atoms with Crippen LogP contribution >= 0.6 is 0 Å². The summed E-state index contributed by atoms with van der Waals surface area (Å²) < 4.78 is 0. The Labute approximate surface area is 198 Å². The maximum absolute atomic E-state index is 4.53. The zero-order valence-electron chi connectivity index (χ0n) is 23.4. The molecular weight excluding hydrogens is 372 g/mol. The molecule has 2 rings (SSSR count). The summed E-state index contributed by atoms with van der Waals surface area (Å²) in [6.45, 7) is 28.1. The molecule has 2 aliphatic carbocycles. The molecule has 0 spiro atoms. The van der Waals surface area contributed by atoms with Crippen molar-refractivity contribution < 1.29 is 0 Å². The molecule has 0 nitrogen and oxygen atoms in total. The third-order valence-corrected chi connectivity index (χ3v) is 9.72. The van der Waals surface area contributed by atoms with E-state index in [0.717, 1.165) is 35.5 Å². The summed E-state index contributed by atoms with van der Waals surface area (Å²) in [4.78, 5) is 0. The van der Waals surface area contributed by atoms with Crippen LogP contribution in [0, 0.1) is 46.3 Å². The van der Waals surface area contributed by atoms with Crippen LogP contribution in [0.2, 0.25) is 0 Å².